The van der Waals surface area contributed by atoms with Gasteiger partial charge in [-0.3, -0.25) is 4.79 Å². The molecule has 2 N–H and O–H groups in total. The van der Waals surface area contributed by atoms with Crippen molar-refractivity contribution in [3.8, 4) is 0 Å². The first-order valence-corrected chi connectivity index (χ1v) is 7.56. The molecule has 1 saturated carbocycles. The molecule has 24 heavy (non-hydrogen) atoms. The molecule has 0 heterocycles. The second-order valence-corrected chi connectivity index (χ2v) is 5.73. The van der Waals surface area contributed by atoms with E-state index < -0.39 is 17.3 Å². The van der Waals surface area contributed by atoms with Crippen LogP contribution in [0.15, 0.2) is 24.3 Å². The van der Waals surface area contributed by atoms with Crippen molar-refractivity contribution in [1.29, 1.82) is 0 Å². The maximum absolute atomic E-state index is 12.9. The van der Waals surface area contributed by atoms with E-state index in [-0.39, 0.29) is 24.9 Å². The van der Waals surface area contributed by atoms with Crippen molar-refractivity contribution in [3.63, 3.8) is 0 Å². The average molecular weight is 367 g/mol. The van der Waals surface area contributed by atoms with Gasteiger partial charge in [0.25, 0.3) is 0 Å². The van der Waals surface area contributed by atoms with Gasteiger partial charge >= 0.3 is 6.18 Å². The largest absolute Gasteiger partial charge is 0.416 e. The molecule has 0 unspecified atom stereocenters. The fourth-order valence-electron chi connectivity index (χ4n) is 2.70. The quantitative estimate of drug-likeness (QED) is 0.730. The van der Waals surface area contributed by atoms with E-state index in [1.807, 2.05) is 0 Å². The number of halogens is 4. The molecule has 1 aliphatic rings. The number of hydrogen-bond acceptors (Lipinski definition) is 3. The third-order valence-corrected chi connectivity index (χ3v) is 4.10. The highest BCUT2D eigenvalue weighted by Crippen LogP contribution is 2.42. The van der Waals surface area contributed by atoms with Gasteiger partial charge in [0.05, 0.1) is 24.3 Å². The molecule has 2 rings (SSSR count). The topological polar surface area (TPSA) is 50.4 Å². The summed E-state index contributed by atoms with van der Waals surface area (Å²) in [5.74, 6) is -0.224. The van der Waals surface area contributed by atoms with Crippen LogP contribution in [0.25, 0.3) is 0 Å². The van der Waals surface area contributed by atoms with Crippen molar-refractivity contribution in [1.82, 2.24) is 10.6 Å². The third kappa shape index (κ3) is 5.09. The Kier molecular flexibility index (Phi) is 7.51. The van der Waals surface area contributed by atoms with Gasteiger partial charge in [-0.05, 0) is 37.0 Å². The minimum Gasteiger partial charge on any atom is -0.383 e. The van der Waals surface area contributed by atoms with Crippen LogP contribution in [0.4, 0.5) is 13.2 Å². The van der Waals surface area contributed by atoms with Crippen molar-refractivity contribution >= 4 is 18.3 Å². The summed E-state index contributed by atoms with van der Waals surface area (Å²) in [5, 5.41) is 5.82. The molecule has 0 radical (unpaired) electrons. The van der Waals surface area contributed by atoms with Crippen LogP contribution in [0.1, 0.15) is 30.4 Å². The summed E-state index contributed by atoms with van der Waals surface area (Å²) in [6.07, 6.45) is -2.20. The van der Waals surface area contributed by atoms with Crippen LogP contribution in [-0.4, -0.2) is 32.7 Å². The van der Waals surface area contributed by atoms with Crippen LogP contribution in [0.2, 0.25) is 0 Å². The highest BCUT2D eigenvalue weighted by atomic mass is 35.5. The first-order chi connectivity index (χ1) is 10.9. The highest BCUT2D eigenvalue weighted by molar-refractivity contribution is 5.85. The van der Waals surface area contributed by atoms with E-state index in [2.05, 4.69) is 10.6 Å². The lowest BCUT2D eigenvalue weighted by molar-refractivity contribution is -0.137. The second-order valence-electron chi connectivity index (χ2n) is 5.73. The molecule has 136 valence electrons. The Morgan fingerprint density at radius 3 is 2.58 bits per heavy atom. The van der Waals surface area contributed by atoms with E-state index in [1.54, 1.807) is 13.2 Å². The molecule has 1 aliphatic carbocycles. The molecule has 8 heteroatoms. The molecule has 0 spiro atoms. The van der Waals surface area contributed by atoms with Crippen LogP contribution < -0.4 is 10.6 Å². The third-order valence-electron chi connectivity index (χ3n) is 4.10. The molecule has 0 bridgehead atoms. The minimum atomic E-state index is -4.38. The van der Waals surface area contributed by atoms with E-state index in [9.17, 15) is 18.0 Å². The first kappa shape index (κ1) is 20.7. The number of amides is 1. The van der Waals surface area contributed by atoms with Gasteiger partial charge < -0.3 is 15.4 Å². The number of ether oxygens (including phenoxy) is 1. The van der Waals surface area contributed by atoms with Gasteiger partial charge in [-0.15, -0.1) is 12.4 Å². The molecular weight excluding hydrogens is 345 g/mol. The molecule has 4 nitrogen and oxygen atoms in total. The SMILES string of the molecule is COCCNCC(=O)NC1(c2cccc(C(F)(F)F)c2)CCC1.Cl. The first-order valence-electron chi connectivity index (χ1n) is 7.56. The van der Waals surface area contributed by atoms with Gasteiger partial charge in [0, 0.05) is 13.7 Å². The number of carbonyl (C=O) groups is 1. The van der Waals surface area contributed by atoms with Gasteiger partial charge in [0.1, 0.15) is 0 Å². The molecule has 0 saturated heterocycles. The number of alkyl halides is 3. The zero-order valence-electron chi connectivity index (χ0n) is 13.4. The fraction of sp³-hybridized carbons (Fsp3) is 0.562. The molecular formula is C16H22ClF3N2O2. The predicted octanol–water partition coefficient (Wildman–Crippen LogP) is 2.86. The van der Waals surface area contributed by atoms with Crippen molar-refractivity contribution < 1.29 is 22.7 Å². The highest BCUT2D eigenvalue weighted by Gasteiger charge is 2.41. The van der Waals surface area contributed by atoms with Gasteiger partial charge in [0.2, 0.25) is 5.91 Å². The molecule has 1 aromatic rings. The lowest BCUT2D eigenvalue weighted by atomic mass is 9.71. The van der Waals surface area contributed by atoms with Crippen LogP contribution >= 0.6 is 12.4 Å². The van der Waals surface area contributed by atoms with Crippen molar-refractivity contribution in [2.24, 2.45) is 0 Å². The van der Waals surface area contributed by atoms with Crippen molar-refractivity contribution in [2.75, 3.05) is 26.8 Å². The second kappa shape index (κ2) is 8.69. The van der Waals surface area contributed by atoms with E-state index in [1.165, 1.54) is 6.07 Å². The van der Waals surface area contributed by atoms with E-state index >= 15 is 0 Å². The van der Waals surface area contributed by atoms with Gasteiger partial charge in [-0.2, -0.15) is 13.2 Å². The Morgan fingerprint density at radius 2 is 2.04 bits per heavy atom. The summed E-state index contributed by atoms with van der Waals surface area (Å²) in [4.78, 5) is 12.0. The van der Waals surface area contributed by atoms with Crippen LogP contribution in [0, 0.1) is 0 Å². The summed E-state index contributed by atoms with van der Waals surface area (Å²) in [7, 11) is 1.57. The van der Waals surface area contributed by atoms with E-state index in [0.717, 1.165) is 18.6 Å². The Balaban J connectivity index is 0.00000288. The summed E-state index contributed by atoms with van der Waals surface area (Å²) in [5.41, 5.74) is -0.848. The number of nitrogens with one attached hydrogen (secondary N) is 2. The number of methoxy groups -OCH3 is 1. The fourth-order valence-corrected chi connectivity index (χ4v) is 2.70. The normalized spacial score (nSPS) is 16.0. The van der Waals surface area contributed by atoms with Crippen LogP contribution in [0.3, 0.4) is 0 Å². The molecule has 1 aromatic carbocycles. The standard InChI is InChI=1S/C16H21F3N2O2.ClH/c1-23-9-8-20-11-14(22)21-15(6-3-7-15)12-4-2-5-13(10-12)16(17,18)19;/h2,4-5,10,20H,3,6-9,11H2,1H3,(H,21,22);1H. The monoisotopic (exact) mass is 366 g/mol. The maximum Gasteiger partial charge on any atom is 0.416 e. The molecule has 0 atom stereocenters. The Hall–Kier alpha value is -1.31. The van der Waals surface area contributed by atoms with Crippen LogP contribution in [0.5, 0.6) is 0 Å². The Morgan fingerprint density at radius 1 is 1.33 bits per heavy atom. The lowest BCUT2D eigenvalue weighted by Gasteiger charge is -2.43. The Labute approximate surface area is 145 Å². The zero-order valence-corrected chi connectivity index (χ0v) is 14.2. The van der Waals surface area contributed by atoms with Gasteiger partial charge in [-0.25, -0.2) is 0 Å². The number of hydrogen-bond donors (Lipinski definition) is 2. The minimum absolute atomic E-state index is 0. The Bertz CT molecular complexity index is 548. The lowest BCUT2D eigenvalue weighted by Crippen LogP contribution is -2.53. The summed E-state index contributed by atoms with van der Waals surface area (Å²) >= 11 is 0. The summed E-state index contributed by atoms with van der Waals surface area (Å²) in [6, 6.07) is 5.22. The van der Waals surface area contributed by atoms with E-state index in [4.69, 9.17) is 4.74 Å². The van der Waals surface area contributed by atoms with Crippen molar-refractivity contribution in [3.05, 3.63) is 35.4 Å². The van der Waals surface area contributed by atoms with Gasteiger partial charge in [0.15, 0.2) is 0 Å². The number of rotatable bonds is 7. The molecule has 0 aliphatic heterocycles. The maximum atomic E-state index is 12.9. The number of carbonyl (C=O) groups excluding carboxylic acids is 1. The molecule has 1 fully saturated rings. The van der Waals surface area contributed by atoms with Crippen molar-refractivity contribution in [2.45, 2.75) is 31.0 Å². The zero-order chi connectivity index (χ0) is 16.9. The predicted molar refractivity (Wildman–Crippen MR) is 87.1 cm³/mol. The average Bonchev–Trinajstić information content (AvgIpc) is 2.47. The summed E-state index contributed by atoms with van der Waals surface area (Å²) < 4.78 is 43.5. The van der Waals surface area contributed by atoms with E-state index in [0.29, 0.717) is 31.6 Å². The van der Waals surface area contributed by atoms with Crippen LogP contribution in [-0.2, 0) is 21.2 Å². The molecule has 1 amide bonds. The molecule has 0 aromatic heterocycles. The summed E-state index contributed by atoms with van der Waals surface area (Å²) in [6.45, 7) is 1.15. The van der Waals surface area contributed by atoms with Gasteiger partial charge in [-0.1, -0.05) is 12.1 Å². The number of benzene rings is 1. The smallest absolute Gasteiger partial charge is 0.383 e.